The summed E-state index contributed by atoms with van der Waals surface area (Å²) in [5.74, 6) is 0.448. The van der Waals surface area contributed by atoms with Crippen LogP contribution in [0.1, 0.15) is 32.3 Å². The molecule has 2 aromatic carbocycles. The lowest BCUT2D eigenvalue weighted by Crippen LogP contribution is -2.13. The maximum absolute atomic E-state index is 11.7. The Balaban J connectivity index is 1.71. The second-order valence-corrected chi connectivity index (χ2v) is 6.24. The van der Waals surface area contributed by atoms with E-state index in [-0.39, 0.29) is 5.91 Å². The number of benzene rings is 2. The van der Waals surface area contributed by atoms with Gasteiger partial charge in [-0.1, -0.05) is 44.2 Å². The van der Waals surface area contributed by atoms with Crippen LogP contribution in [-0.2, 0) is 11.2 Å². The topological polar surface area (TPSA) is 41.1 Å². The summed E-state index contributed by atoms with van der Waals surface area (Å²) in [6.07, 6.45) is 2.73. The van der Waals surface area contributed by atoms with Crippen LogP contribution in [0.3, 0.4) is 0 Å². The van der Waals surface area contributed by atoms with Gasteiger partial charge >= 0.3 is 0 Å². The van der Waals surface area contributed by atoms with Crippen LogP contribution in [-0.4, -0.2) is 12.5 Å². The summed E-state index contributed by atoms with van der Waals surface area (Å²) >= 11 is 0. The summed E-state index contributed by atoms with van der Waals surface area (Å²) in [6.45, 7) is 5.03. The van der Waals surface area contributed by atoms with Crippen LogP contribution in [0.4, 0.5) is 11.4 Å². The molecule has 0 atom stereocenters. The normalized spacial score (nSPS) is 10.6. The predicted molar refractivity (Wildman–Crippen MR) is 97.8 cm³/mol. The number of rotatable bonds is 8. The first-order chi connectivity index (χ1) is 11.1. The molecule has 0 aromatic heterocycles. The van der Waals surface area contributed by atoms with Gasteiger partial charge in [0.2, 0.25) is 5.91 Å². The summed E-state index contributed by atoms with van der Waals surface area (Å²) in [6, 6.07) is 18.4. The van der Waals surface area contributed by atoms with Crippen LogP contribution in [0.25, 0.3) is 0 Å². The standard InChI is InChI=1S/C20H26N2O/c1-16(2)15-20(23)22-19-12-10-18(11-13-19)21-14-6-9-17-7-4-3-5-8-17/h3-5,7-8,10-13,16,21H,6,9,14-15H2,1-2H3,(H,22,23). The molecule has 2 aromatic rings. The number of hydrogen-bond acceptors (Lipinski definition) is 2. The van der Waals surface area contributed by atoms with E-state index in [1.54, 1.807) is 0 Å². The molecule has 0 fully saturated rings. The Kier molecular flexibility index (Phi) is 6.67. The van der Waals surface area contributed by atoms with Crippen LogP contribution in [0.5, 0.6) is 0 Å². The molecule has 23 heavy (non-hydrogen) atoms. The van der Waals surface area contributed by atoms with E-state index in [2.05, 4.69) is 34.9 Å². The highest BCUT2D eigenvalue weighted by molar-refractivity contribution is 5.90. The summed E-state index contributed by atoms with van der Waals surface area (Å²) in [7, 11) is 0. The third-order valence-corrected chi connectivity index (χ3v) is 3.58. The van der Waals surface area contributed by atoms with Crippen molar-refractivity contribution in [3.05, 3.63) is 60.2 Å². The number of hydrogen-bond donors (Lipinski definition) is 2. The van der Waals surface area contributed by atoms with Gasteiger partial charge in [-0.25, -0.2) is 0 Å². The SMILES string of the molecule is CC(C)CC(=O)Nc1ccc(NCCCc2ccccc2)cc1. The minimum Gasteiger partial charge on any atom is -0.385 e. The summed E-state index contributed by atoms with van der Waals surface area (Å²) in [5.41, 5.74) is 3.31. The molecule has 0 saturated heterocycles. The molecule has 0 spiro atoms. The van der Waals surface area contributed by atoms with Gasteiger partial charge in [0.1, 0.15) is 0 Å². The van der Waals surface area contributed by atoms with Crippen molar-refractivity contribution in [3.8, 4) is 0 Å². The van der Waals surface area contributed by atoms with E-state index in [1.165, 1.54) is 5.56 Å². The van der Waals surface area contributed by atoms with E-state index >= 15 is 0 Å². The number of carbonyl (C=O) groups is 1. The van der Waals surface area contributed by atoms with Crippen molar-refractivity contribution in [1.29, 1.82) is 0 Å². The lowest BCUT2D eigenvalue weighted by molar-refractivity contribution is -0.116. The first-order valence-corrected chi connectivity index (χ1v) is 8.31. The Morgan fingerprint density at radius 2 is 1.61 bits per heavy atom. The number of anilines is 2. The molecular formula is C20H26N2O. The van der Waals surface area contributed by atoms with Gasteiger partial charge in [0.15, 0.2) is 0 Å². The van der Waals surface area contributed by atoms with E-state index in [9.17, 15) is 4.79 Å². The maximum atomic E-state index is 11.7. The van der Waals surface area contributed by atoms with Crippen molar-refractivity contribution >= 4 is 17.3 Å². The van der Waals surface area contributed by atoms with Gasteiger partial charge in [-0.15, -0.1) is 0 Å². The smallest absolute Gasteiger partial charge is 0.224 e. The monoisotopic (exact) mass is 310 g/mol. The Morgan fingerprint density at radius 1 is 0.957 bits per heavy atom. The molecule has 3 heteroatoms. The largest absolute Gasteiger partial charge is 0.385 e. The van der Waals surface area contributed by atoms with E-state index in [0.717, 1.165) is 30.8 Å². The van der Waals surface area contributed by atoms with Crippen LogP contribution in [0.2, 0.25) is 0 Å². The number of nitrogens with one attached hydrogen (secondary N) is 2. The molecule has 122 valence electrons. The third kappa shape index (κ3) is 6.55. The zero-order valence-corrected chi connectivity index (χ0v) is 14.0. The third-order valence-electron chi connectivity index (χ3n) is 3.58. The van der Waals surface area contributed by atoms with Crippen LogP contribution in [0, 0.1) is 5.92 Å². The second-order valence-electron chi connectivity index (χ2n) is 6.24. The second kappa shape index (κ2) is 8.99. The zero-order chi connectivity index (χ0) is 16.5. The van der Waals surface area contributed by atoms with Gasteiger partial charge < -0.3 is 10.6 Å². The van der Waals surface area contributed by atoms with E-state index in [4.69, 9.17) is 0 Å². The van der Waals surface area contributed by atoms with Crippen molar-refractivity contribution in [1.82, 2.24) is 0 Å². The molecular weight excluding hydrogens is 284 g/mol. The summed E-state index contributed by atoms with van der Waals surface area (Å²) < 4.78 is 0. The Bertz CT molecular complexity index is 591. The first-order valence-electron chi connectivity index (χ1n) is 8.31. The van der Waals surface area contributed by atoms with E-state index in [0.29, 0.717) is 12.3 Å². The van der Waals surface area contributed by atoms with Gasteiger partial charge in [0.05, 0.1) is 0 Å². The Morgan fingerprint density at radius 3 is 2.26 bits per heavy atom. The van der Waals surface area contributed by atoms with Gasteiger partial charge in [0, 0.05) is 24.3 Å². The fraction of sp³-hybridized carbons (Fsp3) is 0.350. The highest BCUT2D eigenvalue weighted by atomic mass is 16.1. The van der Waals surface area contributed by atoms with E-state index < -0.39 is 0 Å². The molecule has 0 aliphatic heterocycles. The zero-order valence-electron chi connectivity index (χ0n) is 14.0. The van der Waals surface area contributed by atoms with Crippen molar-refractivity contribution in [2.24, 2.45) is 5.92 Å². The minimum absolute atomic E-state index is 0.0728. The average Bonchev–Trinajstić information content (AvgIpc) is 2.53. The fourth-order valence-electron chi connectivity index (χ4n) is 2.42. The molecule has 0 aliphatic carbocycles. The van der Waals surface area contributed by atoms with Gasteiger partial charge in [0.25, 0.3) is 0 Å². The number of aryl methyl sites for hydroxylation is 1. The number of amides is 1. The average molecular weight is 310 g/mol. The van der Waals surface area contributed by atoms with Crippen LogP contribution >= 0.6 is 0 Å². The van der Waals surface area contributed by atoms with Crippen LogP contribution < -0.4 is 10.6 Å². The van der Waals surface area contributed by atoms with E-state index in [1.807, 2.05) is 44.2 Å². The highest BCUT2D eigenvalue weighted by Crippen LogP contribution is 2.14. The Hall–Kier alpha value is -2.29. The van der Waals surface area contributed by atoms with Crippen molar-refractivity contribution < 1.29 is 4.79 Å². The quantitative estimate of drug-likeness (QED) is 0.693. The molecule has 3 nitrogen and oxygen atoms in total. The van der Waals surface area contributed by atoms with Crippen molar-refractivity contribution in [2.75, 3.05) is 17.2 Å². The van der Waals surface area contributed by atoms with Crippen molar-refractivity contribution in [3.63, 3.8) is 0 Å². The summed E-state index contributed by atoms with van der Waals surface area (Å²) in [5, 5.41) is 6.34. The van der Waals surface area contributed by atoms with Gasteiger partial charge in [-0.05, 0) is 48.6 Å². The lowest BCUT2D eigenvalue weighted by Gasteiger charge is -2.09. The van der Waals surface area contributed by atoms with Gasteiger partial charge in [-0.3, -0.25) is 4.79 Å². The molecule has 2 rings (SSSR count). The highest BCUT2D eigenvalue weighted by Gasteiger charge is 2.05. The first kappa shape index (κ1) is 17.1. The molecule has 1 amide bonds. The molecule has 0 bridgehead atoms. The molecule has 2 N–H and O–H groups in total. The molecule has 0 heterocycles. The lowest BCUT2D eigenvalue weighted by atomic mass is 10.1. The Labute approximate surface area is 139 Å². The summed E-state index contributed by atoms with van der Waals surface area (Å²) in [4.78, 5) is 11.7. The van der Waals surface area contributed by atoms with Crippen LogP contribution in [0.15, 0.2) is 54.6 Å². The molecule has 0 radical (unpaired) electrons. The molecule has 0 unspecified atom stereocenters. The van der Waals surface area contributed by atoms with Gasteiger partial charge in [-0.2, -0.15) is 0 Å². The minimum atomic E-state index is 0.0728. The van der Waals surface area contributed by atoms with Crippen molar-refractivity contribution in [2.45, 2.75) is 33.1 Å². The predicted octanol–water partition coefficient (Wildman–Crippen LogP) is 4.72. The fourth-order valence-corrected chi connectivity index (χ4v) is 2.42. The number of carbonyl (C=O) groups excluding carboxylic acids is 1. The molecule has 0 saturated carbocycles. The maximum Gasteiger partial charge on any atom is 0.224 e. The molecule has 0 aliphatic rings.